The molecule has 0 radical (unpaired) electrons. The predicted molar refractivity (Wildman–Crippen MR) is 104 cm³/mol. The van der Waals surface area contributed by atoms with Crippen molar-refractivity contribution in [2.75, 3.05) is 0 Å². The summed E-state index contributed by atoms with van der Waals surface area (Å²) in [4.78, 5) is 12.3. The molecule has 0 spiro atoms. The summed E-state index contributed by atoms with van der Waals surface area (Å²) in [7, 11) is 0. The number of benzene rings is 2. The fourth-order valence-corrected chi connectivity index (χ4v) is 2.52. The average Bonchev–Trinajstić information content (AvgIpc) is 3.20. The summed E-state index contributed by atoms with van der Waals surface area (Å²) >= 11 is 0. The molecule has 3 rings (SSSR count). The average molecular weight is 362 g/mol. The molecule has 138 valence electrons. The maximum atomic E-state index is 12.3. The first-order valence-corrected chi connectivity index (χ1v) is 8.63. The Hall–Kier alpha value is -3.35. The van der Waals surface area contributed by atoms with Crippen LogP contribution in [0.1, 0.15) is 49.2 Å². The summed E-state index contributed by atoms with van der Waals surface area (Å²) in [5, 5.41) is 15.2. The Morgan fingerprint density at radius 1 is 1.00 bits per heavy atom. The van der Waals surface area contributed by atoms with E-state index < -0.39 is 0 Å². The van der Waals surface area contributed by atoms with Gasteiger partial charge in [0.15, 0.2) is 0 Å². The van der Waals surface area contributed by atoms with E-state index >= 15 is 0 Å². The van der Waals surface area contributed by atoms with E-state index in [4.69, 9.17) is 0 Å². The molecule has 0 bridgehead atoms. The van der Waals surface area contributed by atoms with E-state index in [1.54, 1.807) is 24.3 Å². The van der Waals surface area contributed by atoms with Crippen molar-refractivity contribution in [3.63, 3.8) is 0 Å². The van der Waals surface area contributed by atoms with Gasteiger partial charge in [0.2, 0.25) is 0 Å². The lowest BCUT2D eigenvalue weighted by atomic mass is 9.86. The maximum Gasteiger partial charge on any atom is 0.271 e. The second-order valence-corrected chi connectivity index (χ2v) is 7.27. The summed E-state index contributed by atoms with van der Waals surface area (Å²) in [6.45, 7) is 8.39. The molecular weight excluding hydrogens is 340 g/mol. The van der Waals surface area contributed by atoms with Crippen LogP contribution < -0.4 is 5.43 Å². The first-order valence-electron chi connectivity index (χ1n) is 8.63. The minimum atomic E-state index is -0.274. The number of nitrogens with one attached hydrogen (secondary N) is 1. The first-order chi connectivity index (χ1) is 12.8. The molecule has 2 aromatic carbocycles. The van der Waals surface area contributed by atoms with Crippen LogP contribution in [0.2, 0.25) is 0 Å². The van der Waals surface area contributed by atoms with Crippen LogP contribution in [0.4, 0.5) is 0 Å². The third kappa shape index (κ3) is 4.44. The molecule has 0 fully saturated rings. The van der Waals surface area contributed by atoms with E-state index in [1.165, 1.54) is 16.6 Å². The molecule has 0 unspecified atom stereocenters. The second kappa shape index (κ2) is 7.49. The van der Waals surface area contributed by atoms with E-state index in [1.807, 2.05) is 19.1 Å². The largest absolute Gasteiger partial charge is 0.271 e. The van der Waals surface area contributed by atoms with E-state index in [0.29, 0.717) is 5.56 Å². The third-order valence-corrected chi connectivity index (χ3v) is 4.24. The molecular formula is C20H22N6O. The van der Waals surface area contributed by atoms with Crippen LogP contribution in [0.5, 0.6) is 0 Å². The van der Waals surface area contributed by atoms with Gasteiger partial charge in [-0.05, 0) is 58.2 Å². The van der Waals surface area contributed by atoms with Gasteiger partial charge in [-0.15, -0.1) is 5.10 Å². The molecule has 3 aromatic rings. The van der Waals surface area contributed by atoms with Gasteiger partial charge in [-0.2, -0.15) is 5.10 Å². The number of amides is 1. The summed E-state index contributed by atoms with van der Waals surface area (Å²) < 4.78 is 1.52. The Labute approximate surface area is 158 Å². The smallest absolute Gasteiger partial charge is 0.267 e. The SMILES string of the molecule is C/C(=N\NC(=O)c1ccc(-n2cnnn2)cc1)c1ccc(C(C)(C)C)cc1. The lowest BCUT2D eigenvalue weighted by Gasteiger charge is -2.19. The minimum absolute atomic E-state index is 0.103. The van der Waals surface area contributed by atoms with Gasteiger partial charge in [0.1, 0.15) is 6.33 Å². The predicted octanol–water partition coefficient (Wildman–Crippen LogP) is 3.11. The molecule has 1 N–H and O–H groups in total. The van der Waals surface area contributed by atoms with Gasteiger partial charge < -0.3 is 0 Å². The minimum Gasteiger partial charge on any atom is -0.267 e. The van der Waals surface area contributed by atoms with Crippen LogP contribution in [0.3, 0.4) is 0 Å². The van der Waals surface area contributed by atoms with Crippen LogP contribution in [0.25, 0.3) is 5.69 Å². The molecule has 1 aromatic heterocycles. The quantitative estimate of drug-likeness (QED) is 0.571. The topological polar surface area (TPSA) is 85.1 Å². The number of nitrogens with zero attached hydrogens (tertiary/aromatic N) is 5. The highest BCUT2D eigenvalue weighted by molar-refractivity contribution is 6.00. The summed E-state index contributed by atoms with van der Waals surface area (Å²) in [5.74, 6) is -0.274. The summed E-state index contributed by atoms with van der Waals surface area (Å²) in [6, 6.07) is 15.2. The van der Waals surface area contributed by atoms with Crippen LogP contribution in [-0.4, -0.2) is 31.8 Å². The van der Waals surface area contributed by atoms with Gasteiger partial charge in [-0.1, -0.05) is 45.0 Å². The van der Waals surface area contributed by atoms with Crippen LogP contribution in [-0.2, 0) is 5.41 Å². The second-order valence-electron chi connectivity index (χ2n) is 7.27. The number of carbonyl (C=O) groups is 1. The lowest BCUT2D eigenvalue weighted by molar-refractivity contribution is 0.0955. The molecule has 7 heteroatoms. The summed E-state index contributed by atoms with van der Waals surface area (Å²) in [5.41, 5.74) is 6.95. The Kier molecular flexibility index (Phi) is 5.12. The van der Waals surface area contributed by atoms with Crippen molar-refractivity contribution < 1.29 is 4.79 Å². The van der Waals surface area contributed by atoms with Gasteiger partial charge in [0, 0.05) is 5.56 Å². The monoisotopic (exact) mass is 362 g/mol. The van der Waals surface area contributed by atoms with Gasteiger partial charge in [0.25, 0.3) is 5.91 Å². The van der Waals surface area contributed by atoms with Crippen molar-refractivity contribution in [1.82, 2.24) is 25.6 Å². The zero-order valence-corrected chi connectivity index (χ0v) is 15.8. The van der Waals surface area contributed by atoms with E-state index in [0.717, 1.165) is 17.0 Å². The number of hydrogen-bond donors (Lipinski definition) is 1. The Morgan fingerprint density at radius 3 is 2.19 bits per heavy atom. The third-order valence-electron chi connectivity index (χ3n) is 4.24. The highest BCUT2D eigenvalue weighted by Crippen LogP contribution is 2.22. The van der Waals surface area contributed by atoms with Crippen molar-refractivity contribution in [2.45, 2.75) is 33.1 Å². The van der Waals surface area contributed by atoms with Crippen molar-refractivity contribution in [3.8, 4) is 5.69 Å². The molecule has 1 amide bonds. The number of carbonyl (C=O) groups excluding carboxylic acids is 1. The molecule has 27 heavy (non-hydrogen) atoms. The first kappa shape index (κ1) is 18.4. The van der Waals surface area contributed by atoms with Crippen molar-refractivity contribution in [1.29, 1.82) is 0 Å². The maximum absolute atomic E-state index is 12.3. The van der Waals surface area contributed by atoms with Gasteiger partial charge >= 0.3 is 0 Å². The highest BCUT2D eigenvalue weighted by atomic mass is 16.2. The fourth-order valence-electron chi connectivity index (χ4n) is 2.52. The Morgan fingerprint density at radius 2 is 1.63 bits per heavy atom. The molecule has 0 atom stereocenters. The van der Waals surface area contributed by atoms with E-state index in [2.05, 4.69) is 59.0 Å². The number of rotatable bonds is 4. The van der Waals surface area contributed by atoms with Crippen LogP contribution in [0, 0.1) is 0 Å². The standard InChI is InChI=1S/C20H22N6O/c1-14(15-5-9-17(10-6-15)20(2,3)4)22-23-19(27)16-7-11-18(12-8-16)26-13-21-24-25-26/h5-13H,1-4H3,(H,23,27)/b22-14+. The molecule has 7 nitrogen and oxygen atoms in total. The number of aromatic nitrogens is 4. The fraction of sp³-hybridized carbons (Fsp3) is 0.250. The Balaban J connectivity index is 1.67. The Bertz CT molecular complexity index is 936. The van der Waals surface area contributed by atoms with E-state index in [-0.39, 0.29) is 11.3 Å². The zero-order valence-electron chi connectivity index (χ0n) is 15.8. The van der Waals surface area contributed by atoms with Crippen molar-refractivity contribution in [2.24, 2.45) is 5.10 Å². The van der Waals surface area contributed by atoms with Gasteiger partial charge in [-0.3, -0.25) is 4.79 Å². The molecule has 0 saturated carbocycles. The van der Waals surface area contributed by atoms with E-state index in [9.17, 15) is 4.79 Å². The molecule has 0 aliphatic rings. The molecule has 1 heterocycles. The number of tetrazole rings is 1. The lowest BCUT2D eigenvalue weighted by Crippen LogP contribution is -2.19. The number of hydrogen-bond acceptors (Lipinski definition) is 5. The normalized spacial score (nSPS) is 12.1. The highest BCUT2D eigenvalue weighted by Gasteiger charge is 2.13. The molecule has 0 aliphatic carbocycles. The molecule has 0 saturated heterocycles. The van der Waals surface area contributed by atoms with Gasteiger partial charge in [-0.25, -0.2) is 10.1 Å². The number of hydrazone groups is 1. The van der Waals surface area contributed by atoms with Crippen LogP contribution >= 0.6 is 0 Å². The van der Waals surface area contributed by atoms with Crippen molar-refractivity contribution in [3.05, 3.63) is 71.5 Å². The van der Waals surface area contributed by atoms with Crippen LogP contribution in [0.15, 0.2) is 60.0 Å². The summed E-state index contributed by atoms with van der Waals surface area (Å²) in [6.07, 6.45) is 1.49. The van der Waals surface area contributed by atoms with Crippen molar-refractivity contribution >= 4 is 11.6 Å². The zero-order chi connectivity index (χ0) is 19.4. The molecule has 0 aliphatic heterocycles. The van der Waals surface area contributed by atoms with Gasteiger partial charge in [0.05, 0.1) is 11.4 Å².